The Morgan fingerprint density at radius 2 is 1.86 bits per heavy atom. The van der Waals surface area contributed by atoms with Crippen molar-refractivity contribution in [2.24, 2.45) is 0 Å². The first-order valence-corrected chi connectivity index (χ1v) is 10.6. The zero-order valence-corrected chi connectivity index (χ0v) is 17.2. The van der Waals surface area contributed by atoms with Crippen LogP contribution in [0.5, 0.6) is 5.75 Å². The molecule has 146 valence electrons. The second kappa shape index (κ2) is 9.71. The Kier molecular flexibility index (Phi) is 7.06. The largest absolute Gasteiger partial charge is 0.488 e. The molecule has 4 nitrogen and oxygen atoms in total. The van der Waals surface area contributed by atoms with E-state index in [2.05, 4.69) is 4.98 Å². The molecule has 0 N–H and O–H groups in total. The summed E-state index contributed by atoms with van der Waals surface area (Å²) in [6.07, 6.45) is 0. The quantitative estimate of drug-likeness (QED) is 0.358. The molecule has 0 fully saturated rings. The van der Waals surface area contributed by atoms with Crippen LogP contribution in [0.4, 0.5) is 4.39 Å². The third kappa shape index (κ3) is 5.56. The van der Waals surface area contributed by atoms with E-state index in [1.165, 1.54) is 23.9 Å². The van der Waals surface area contributed by atoms with Crippen molar-refractivity contribution in [1.29, 1.82) is 0 Å². The van der Waals surface area contributed by atoms with Crippen LogP contribution in [0.2, 0.25) is 0 Å². The first kappa shape index (κ1) is 20.4. The molecule has 0 aliphatic rings. The minimum Gasteiger partial charge on any atom is -0.488 e. The number of aryl methyl sites for hydroxylation is 1. The highest BCUT2D eigenvalue weighted by molar-refractivity contribution is 8.00. The molecule has 0 aliphatic carbocycles. The molecule has 3 rings (SSSR count). The number of benzene rings is 2. The van der Waals surface area contributed by atoms with E-state index in [1.807, 2.05) is 31.2 Å². The second-order valence-electron chi connectivity index (χ2n) is 5.89. The number of aromatic nitrogens is 1. The number of thioether (sulfide) groups is 1. The van der Waals surface area contributed by atoms with Gasteiger partial charge in [0.2, 0.25) is 0 Å². The first-order chi connectivity index (χ1) is 13.5. The third-order valence-corrected chi connectivity index (χ3v) is 6.01. The van der Waals surface area contributed by atoms with Crippen molar-refractivity contribution < 1.29 is 18.7 Å². The fraction of sp³-hybridized carbons (Fsp3) is 0.238. The van der Waals surface area contributed by atoms with E-state index in [0.717, 1.165) is 31.8 Å². The average Bonchev–Trinajstić information content (AvgIpc) is 3.07. The van der Waals surface area contributed by atoms with Crippen LogP contribution in [0, 0.1) is 12.7 Å². The van der Waals surface area contributed by atoms with Crippen molar-refractivity contribution in [3.8, 4) is 16.3 Å². The molecule has 1 aromatic heterocycles. The number of carbonyl (C=O) groups is 1. The van der Waals surface area contributed by atoms with E-state index in [-0.39, 0.29) is 11.8 Å². The van der Waals surface area contributed by atoms with Crippen molar-refractivity contribution in [3.05, 3.63) is 64.9 Å². The summed E-state index contributed by atoms with van der Waals surface area (Å²) >= 11 is 2.97. The van der Waals surface area contributed by atoms with Crippen LogP contribution >= 0.6 is 23.1 Å². The highest BCUT2D eigenvalue weighted by Crippen LogP contribution is 2.29. The van der Waals surface area contributed by atoms with Gasteiger partial charge in [-0.2, -0.15) is 0 Å². The molecule has 0 saturated carbocycles. The van der Waals surface area contributed by atoms with E-state index < -0.39 is 0 Å². The Bertz CT molecular complexity index is 924. The summed E-state index contributed by atoms with van der Waals surface area (Å²) in [5.74, 6) is 0.562. The lowest BCUT2D eigenvalue weighted by atomic mass is 10.2. The normalized spacial score (nSPS) is 10.7. The fourth-order valence-corrected chi connectivity index (χ4v) is 4.08. The lowest BCUT2D eigenvalue weighted by molar-refractivity contribution is -0.139. The van der Waals surface area contributed by atoms with E-state index in [9.17, 15) is 9.18 Å². The number of nitrogens with zero attached hydrogens (tertiary/aromatic N) is 1. The van der Waals surface area contributed by atoms with Crippen molar-refractivity contribution in [1.82, 2.24) is 4.98 Å². The Labute approximate surface area is 171 Å². The Hall–Kier alpha value is -2.38. The number of ether oxygens (including phenoxy) is 2. The topological polar surface area (TPSA) is 48.4 Å². The summed E-state index contributed by atoms with van der Waals surface area (Å²) in [6.45, 7) is 4.55. The Morgan fingerprint density at radius 1 is 1.14 bits per heavy atom. The number of hydrogen-bond acceptors (Lipinski definition) is 6. The van der Waals surface area contributed by atoms with Gasteiger partial charge in [0, 0.05) is 10.5 Å². The molecule has 0 aliphatic heterocycles. The summed E-state index contributed by atoms with van der Waals surface area (Å²) in [7, 11) is 0. The number of carbonyl (C=O) groups excluding carboxylic acids is 1. The molecule has 0 spiro atoms. The maximum atomic E-state index is 13.1. The van der Waals surface area contributed by atoms with Crippen LogP contribution in [-0.2, 0) is 16.1 Å². The maximum Gasteiger partial charge on any atom is 0.316 e. The van der Waals surface area contributed by atoms with Gasteiger partial charge in [-0.05, 0) is 62.4 Å². The number of halogens is 1. The van der Waals surface area contributed by atoms with Gasteiger partial charge in [0.15, 0.2) is 0 Å². The van der Waals surface area contributed by atoms with Gasteiger partial charge in [0.25, 0.3) is 0 Å². The van der Waals surface area contributed by atoms with Gasteiger partial charge >= 0.3 is 5.97 Å². The molecule has 1 heterocycles. The summed E-state index contributed by atoms with van der Waals surface area (Å²) in [6, 6.07) is 13.9. The summed E-state index contributed by atoms with van der Waals surface area (Å²) in [4.78, 5) is 18.0. The van der Waals surface area contributed by atoms with Crippen molar-refractivity contribution in [3.63, 3.8) is 0 Å². The molecule has 2 aromatic carbocycles. The van der Waals surface area contributed by atoms with Gasteiger partial charge in [0.1, 0.15) is 23.2 Å². The molecule has 0 atom stereocenters. The summed E-state index contributed by atoms with van der Waals surface area (Å²) in [5, 5.41) is 0.849. The van der Waals surface area contributed by atoms with Gasteiger partial charge in [-0.25, -0.2) is 9.37 Å². The molecule has 3 aromatic rings. The molecular formula is C21H20FNO3S2. The highest BCUT2D eigenvalue weighted by Gasteiger charge is 2.10. The number of hydrogen-bond donors (Lipinski definition) is 0. The lowest BCUT2D eigenvalue weighted by Gasteiger charge is -2.06. The molecule has 0 unspecified atom stereocenters. The van der Waals surface area contributed by atoms with Crippen molar-refractivity contribution >= 4 is 29.1 Å². The molecule has 0 radical (unpaired) electrons. The zero-order chi connectivity index (χ0) is 19.9. The van der Waals surface area contributed by atoms with E-state index in [4.69, 9.17) is 9.47 Å². The van der Waals surface area contributed by atoms with Crippen LogP contribution in [0.3, 0.4) is 0 Å². The molecule has 0 saturated heterocycles. The second-order valence-corrected chi connectivity index (χ2v) is 8.02. The lowest BCUT2D eigenvalue weighted by Crippen LogP contribution is -2.06. The van der Waals surface area contributed by atoms with Crippen LogP contribution in [-0.4, -0.2) is 23.3 Å². The number of esters is 1. The maximum absolute atomic E-state index is 13.1. The van der Waals surface area contributed by atoms with Crippen molar-refractivity contribution in [2.75, 3.05) is 12.4 Å². The van der Waals surface area contributed by atoms with E-state index in [1.54, 1.807) is 30.4 Å². The molecule has 7 heteroatoms. The zero-order valence-electron chi connectivity index (χ0n) is 15.6. The van der Waals surface area contributed by atoms with E-state index in [0.29, 0.717) is 19.0 Å². The third-order valence-electron chi connectivity index (χ3n) is 3.84. The minimum absolute atomic E-state index is 0.217. The smallest absolute Gasteiger partial charge is 0.316 e. The fourth-order valence-electron chi connectivity index (χ4n) is 2.40. The van der Waals surface area contributed by atoms with Crippen molar-refractivity contribution in [2.45, 2.75) is 25.3 Å². The summed E-state index contributed by atoms with van der Waals surface area (Å²) < 4.78 is 23.9. The van der Waals surface area contributed by atoms with Crippen LogP contribution < -0.4 is 4.74 Å². The average molecular weight is 418 g/mol. The van der Waals surface area contributed by atoms with Gasteiger partial charge in [-0.15, -0.1) is 23.1 Å². The van der Waals surface area contributed by atoms with Crippen LogP contribution in [0.25, 0.3) is 10.6 Å². The van der Waals surface area contributed by atoms with E-state index >= 15 is 0 Å². The Balaban J connectivity index is 1.57. The SMILES string of the molecule is CCOC(=O)CSc1ccc(OCc2sc(-c3ccc(F)cc3)nc2C)cc1. The number of thiazole rings is 1. The predicted molar refractivity (Wildman–Crippen MR) is 110 cm³/mol. The molecule has 0 amide bonds. The van der Waals surface area contributed by atoms with Gasteiger partial charge in [-0.1, -0.05) is 0 Å². The standard InChI is InChI=1S/C21H20FNO3S2/c1-3-25-20(24)13-27-18-10-8-17(9-11-18)26-12-19-14(2)23-21(28-19)15-4-6-16(22)7-5-15/h4-11H,3,12-13H2,1-2H3. The highest BCUT2D eigenvalue weighted by atomic mass is 32.2. The molecule has 28 heavy (non-hydrogen) atoms. The van der Waals surface area contributed by atoms with Gasteiger partial charge < -0.3 is 9.47 Å². The molecule has 0 bridgehead atoms. The van der Waals surface area contributed by atoms with Gasteiger partial charge in [0.05, 0.1) is 22.9 Å². The predicted octanol–water partition coefficient (Wildman–Crippen LogP) is 5.49. The Morgan fingerprint density at radius 3 is 2.54 bits per heavy atom. The monoisotopic (exact) mass is 417 g/mol. The van der Waals surface area contributed by atoms with Crippen LogP contribution in [0.15, 0.2) is 53.4 Å². The molecular weight excluding hydrogens is 397 g/mol. The van der Waals surface area contributed by atoms with Crippen LogP contribution in [0.1, 0.15) is 17.5 Å². The number of rotatable bonds is 8. The van der Waals surface area contributed by atoms with Gasteiger partial charge in [-0.3, -0.25) is 4.79 Å². The minimum atomic E-state index is -0.260. The first-order valence-electron chi connectivity index (χ1n) is 8.78. The summed E-state index contributed by atoms with van der Waals surface area (Å²) in [5.41, 5.74) is 1.80.